The third-order valence-corrected chi connectivity index (χ3v) is 11.0. The summed E-state index contributed by atoms with van der Waals surface area (Å²) in [5.41, 5.74) is 9.88. The molecule has 3 aliphatic rings. The zero-order chi connectivity index (χ0) is 29.5. The Labute approximate surface area is 265 Å². The van der Waals surface area contributed by atoms with Gasteiger partial charge < -0.3 is 9.32 Å². The molecule has 3 heteroatoms. The van der Waals surface area contributed by atoms with E-state index in [0.717, 1.165) is 17.6 Å². The molecule has 45 heavy (non-hydrogen) atoms. The molecule has 0 radical (unpaired) electrons. The third-order valence-electron chi connectivity index (χ3n) is 9.93. The molecule has 0 fully saturated rings. The first-order chi connectivity index (χ1) is 22.3. The quantitative estimate of drug-likeness (QED) is 0.202. The van der Waals surface area contributed by atoms with Crippen molar-refractivity contribution < 1.29 is 4.42 Å². The summed E-state index contributed by atoms with van der Waals surface area (Å²) >= 11 is 1.91. The van der Waals surface area contributed by atoms with Crippen LogP contribution in [0.3, 0.4) is 0 Å². The lowest BCUT2D eigenvalue weighted by Gasteiger charge is -2.36. The first-order valence-electron chi connectivity index (χ1n) is 15.8. The van der Waals surface area contributed by atoms with E-state index in [0.29, 0.717) is 0 Å². The molecule has 3 heterocycles. The van der Waals surface area contributed by atoms with Gasteiger partial charge in [-0.1, -0.05) is 115 Å². The van der Waals surface area contributed by atoms with Gasteiger partial charge in [0.05, 0.1) is 17.8 Å². The molecule has 3 atom stereocenters. The van der Waals surface area contributed by atoms with Crippen molar-refractivity contribution in [2.45, 2.75) is 24.4 Å². The lowest BCUT2D eigenvalue weighted by atomic mass is 9.85. The number of rotatable bonds is 3. The number of benzene rings is 5. The van der Waals surface area contributed by atoms with Gasteiger partial charge >= 0.3 is 0 Å². The van der Waals surface area contributed by atoms with Crippen molar-refractivity contribution in [3.8, 4) is 11.1 Å². The average molecular weight is 596 g/mol. The number of anilines is 1. The van der Waals surface area contributed by atoms with Crippen LogP contribution in [0.4, 0.5) is 5.69 Å². The summed E-state index contributed by atoms with van der Waals surface area (Å²) in [4.78, 5) is 2.74. The highest BCUT2D eigenvalue weighted by Crippen LogP contribution is 2.56. The summed E-state index contributed by atoms with van der Waals surface area (Å²) in [6.07, 6.45) is 17.5. The number of furan rings is 1. The smallest absolute Gasteiger partial charge is 0.135 e. The van der Waals surface area contributed by atoms with Crippen LogP contribution in [0.5, 0.6) is 0 Å². The molecule has 1 aliphatic heterocycles. The monoisotopic (exact) mass is 595 g/mol. The Balaban J connectivity index is 1.22. The van der Waals surface area contributed by atoms with Crippen LogP contribution in [0.15, 0.2) is 150 Å². The van der Waals surface area contributed by atoms with Gasteiger partial charge in [0, 0.05) is 36.9 Å². The largest absolute Gasteiger partial charge is 0.456 e. The zero-order valence-electron chi connectivity index (χ0n) is 24.6. The van der Waals surface area contributed by atoms with Crippen LogP contribution in [0.25, 0.3) is 58.8 Å². The first-order valence-corrected chi connectivity index (χ1v) is 16.6. The lowest BCUT2D eigenvalue weighted by Crippen LogP contribution is -2.40. The Hall–Kier alpha value is -5.12. The molecule has 0 bridgehead atoms. The maximum absolute atomic E-state index is 6.23. The maximum atomic E-state index is 6.23. The molecule has 3 unspecified atom stereocenters. The minimum atomic E-state index is 0.257. The Morgan fingerprint density at radius 1 is 0.667 bits per heavy atom. The molecule has 2 aromatic heterocycles. The number of thiophene rings is 1. The molecule has 0 amide bonds. The molecule has 2 nitrogen and oxygen atoms in total. The van der Waals surface area contributed by atoms with E-state index in [1.165, 1.54) is 64.5 Å². The molecule has 0 saturated carbocycles. The summed E-state index contributed by atoms with van der Waals surface area (Å²) < 4.78 is 8.92. The van der Waals surface area contributed by atoms with Gasteiger partial charge in [0.25, 0.3) is 0 Å². The van der Waals surface area contributed by atoms with E-state index in [9.17, 15) is 0 Å². The van der Waals surface area contributed by atoms with Gasteiger partial charge in [-0.25, -0.2) is 0 Å². The maximum Gasteiger partial charge on any atom is 0.135 e. The van der Waals surface area contributed by atoms with Crippen molar-refractivity contribution in [2.75, 3.05) is 4.90 Å². The number of nitrogens with zero attached hydrogens (tertiary/aromatic N) is 1. The van der Waals surface area contributed by atoms with E-state index >= 15 is 0 Å². The number of hydrogen-bond donors (Lipinski definition) is 0. The van der Waals surface area contributed by atoms with E-state index in [4.69, 9.17) is 4.42 Å². The molecule has 7 aromatic rings. The summed E-state index contributed by atoms with van der Waals surface area (Å²) in [6, 6.07) is 37.8. The van der Waals surface area contributed by atoms with E-state index in [-0.39, 0.29) is 18.0 Å². The molecule has 214 valence electrons. The minimum absolute atomic E-state index is 0.257. The number of hydrogen-bond acceptors (Lipinski definition) is 3. The molecule has 5 aromatic carbocycles. The van der Waals surface area contributed by atoms with Crippen molar-refractivity contribution >= 4 is 64.7 Å². The average Bonchev–Trinajstić information content (AvgIpc) is 3.77. The van der Waals surface area contributed by atoms with Crippen LogP contribution < -0.4 is 4.90 Å². The van der Waals surface area contributed by atoms with E-state index in [1.807, 2.05) is 17.4 Å². The van der Waals surface area contributed by atoms with Gasteiger partial charge in [0.1, 0.15) is 11.2 Å². The number of fused-ring (bicyclic) bond motifs is 10. The standard InChI is InChI=1S/C42H29NOS/c1-2-10-26(11-3-1)27-18-21-29(22-19-27)43-35-15-7-4-13-31(35)40-33(25-39-41(42(40)43)32-14-6-9-17-38(32)45-39)28-20-23-37-34(24-28)30-12-5-8-16-36(30)44-37/h1-21,23-25,29,31,35H,22H2. The van der Waals surface area contributed by atoms with Gasteiger partial charge in [-0.2, -0.15) is 0 Å². The normalized spacial score (nSPS) is 20.4. The highest BCUT2D eigenvalue weighted by atomic mass is 32.1. The van der Waals surface area contributed by atoms with E-state index in [1.54, 1.807) is 0 Å². The van der Waals surface area contributed by atoms with Gasteiger partial charge in [0.15, 0.2) is 0 Å². The Kier molecular flexibility index (Phi) is 5.43. The van der Waals surface area contributed by atoms with Gasteiger partial charge in [0.2, 0.25) is 0 Å². The second-order valence-electron chi connectivity index (χ2n) is 12.3. The van der Waals surface area contributed by atoms with Crippen molar-refractivity contribution in [3.63, 3.8) is 0 Å². The highest BCUT2D eigenvalue weighted by molar-refractivity contribution is 7.26. The fourth-order valence-electron chi connectivity index (χ4n) is 7.94. The van der Waals surface area contributed by atoms with Crippen molar-refractivity contribution in [2.24, 2.45) is 0 Å². The summed E-state index contributed by atoms with van der Waals surface area (Å²) in [7, 11) is 0. The minimum Gasteiger partial charge on any atom is -0.456 e. The van der Waals surface area contributed by atoms with Crippen LogP contribution in [-0.4, -0.2) is 12.1 Å². The van der Waals surface area contributed by atoms with Gasteiger partial charge in [-0.3, -0.25) is 0 Å². The first kappa shape index (κ1) is 25.2. The molecule has 0 spiro atoms. The van der Waals surface area contributed by atoms with Crippen molar-refractivity contribution in [1.29, 1.82) is 0 Å². The number of allylic oxidation sites excluding steroid dienone is 4. The topological polar surface area (TPSA) is 16.4 Å². The molecular weight excluding hydrogens is 567 g/mol. The van der Waals surface area contributed by atoms with Crippen LogP contribution in [0.1, 0.15) is 23.5 Å². The van der Waals surface area contributed by atoms with Crippen LogP contribution in [0, 0.1) is 0 Å². The van der Waals surface area contributed by atoms with Crippen LogP contribution in [-0.2, 0) is 0 Å². The summed E-state index contributed by atoms with van der Waals surface area (Å²) in [6.45, 7) is 0. The molecule has 2 aliphatic carbocycles. The van der Waals surface area contributed by atoms with Crippen molar-refractivity contribution in [3.05, 3.63) is 157 Å². The lowest BCUT2D eigenvalue weighted by molar-refractivity contribution is 0.615. The molecule has 0 saturated heterocycles. The van der Waals surface area contributed by atoms with Crippen molar-refractivity contribution in [1.82, 2.24) is 0 Å². The second kappa shape index (κ2) is 9.69. The number of para-hydroxylation sites is 1. The van der Waals surface area contributed by atoms with Gasteiger partial charge in [-0.05, 0) is 64.6 Å². The van der Waals surface area contributed by atoms with Crippen LogP contribution >= 0.6 is 11.3 Å². The predicted molar refractivity (Wildman–Crippen MR) is 191 cm³/mol. The Morgan fingerprint density at radius 2 is 1.47 bits per heavy atom. The van der Waals surface area contributed by atoms with E-state index < -0.39 is 0 Å². The molecular formula is C42H29NOS. The van der Waals surface area contributed by atoms with E-state index in [2.05, 4.69) is 144 Å². The third kappa shape index (κ3) is 3.74. The summed E-state index contributed by atoms with van der Waals surface area (Å²) in [5.74, 6) is 0.271. The zero-order valence-corrected chi connectivity index (χ0v) is 25.4. The SMILES string of the molecule is C1=CC2c3c(-c4ccc5oc6ccccc6c5c4)cc4sc5ccccc5c4c3N(C3C=CC(c4ccccc4)=CC3)C2C=C1. The predicted octanol–water partition coefficient (Wildman–Crippen LogP) is 11.4. The van der Waals surface area contributed by atoms with Gasteiger partial charge in [-0.15, -0.1) is 11.3 Å². The Bertz CT molecular complexity index is 2440. The summed E-state index contributed by atoms with van der Waals surface area (Å²) in [5, 5.41) is 5.09. The highest BCUT2D eigenvalue weighted by Gasteiger charge is 2.43. The fraction of sp³-hybridized carbons (Fsp3) is 0.0952. The Morgan fingerprint density at radius 3 is 2.36 bits per heavy atom. The fourth-order valence-corrected chi connectivity index (χ4v) is 9.09. The molecule has 0 N–H and O–H groups in total. The van der Waals surface area contributed by atoms with Crippen LogP contribution in [0.2, 0.25) is 0 Å². The second-order valence-corrected chi connectivity index (χ2v) is 13.4. The molecule has 10 rings (SSSR count).